The molecule has 2 fully saturated rings. The summed E-state index contributed by atoms with van der Waals surface area (Å²) in [5.74, 6) is 0.666. The second-order valence-electron chi connectivity index (χ2n) is 8.28. The lowest BCUT2D eigenvalue weighted by Gasteiger charge is -2.36. The van der Waals surface area contributed by atoms with E-state index in [0.29, 0.717) is 5.78 Å². The van der Waals surface area contributed by atoms with Crippen molar-refractivity contribution in [2.45, 2.75) is 55.7 Å². The number of benzene rings is 2. The van der Waals surface area contributed by atoms with Gasteiger partial charge < -0.3 is 5.32 Å². The number of rotatable bonds is 4. The lowest BCUT2D eigenvalue weighted by Crippen LogP contribution is -2.40. The molecule has 2 bridgehead atoms. The Bertz CT molecular complexity index is 874. The summed E-state index contributed by atoms with van der Waals surface area (Å²) in [5.41, 5.74) is 3.38. The Morgan fingerprint density at radius 3 is 2.32 bits per heavy atom. The molecule has 2 aliphatic carbocycles. The van der Waals surface area contributed by atoms with E-state index < -0.39 is 0 Å². The number of carbonyl (C=O) groups is 2. The van der Waals surface area contributed by atoms with Gasteiger partial charge in [0.1, 0.15) is 5.78 Å². The first-order valence-electron chi connectivity index (χ1n) is 10.2. The van der Waals surface area contributed by atoms with E-state index in [9.17, 15) is 9.59 Å². The predicted octanol–water partition coefficient (Wildman–Crippen LogP) is 5.79. The summed E-state index contributed by atoms with van der Waals surface area (Å²) in [7, 11) is 0. The minimum absolute atomic E-state index is 0.0303. The van der Waals surface area contributed by atoms with Crippen LogP contribution in [0.3, 0.4) is 0 Å². The van der Waals surface area contributed by atoms with Gasteiger partial charge in [0.25, 0.3) is 0 Å². The van der Waals surface area contributed by atoms with Gasteiger partial charge in [-0.2, -0.15) is 0 Å². The molecule has 0 aromatic heterocycles. The molecular formula is C24H27NO2S. The van der Waals surface area contributed by atoms with Crippen LogP contribution in [0, 0.1) is 31.6 Å². The number of Topliss-reactive ketones (excluding diaryl/α,β-unsaturated/α-hetero) is 1. The summed E-state index contributed by atoms with van der Waals surface area (Å²) >= 11 is 1.74. The molecule has 146 valence electrons. The Hall–Kier alpha value is -2.07. The average molecular weight is 394 g/mol. The monoisotopic (exact) mass is 393 g/mol. The Balaban J connectivity index is 1.38. The van der Waals surface area contributed by atoms with Gasteiger partial charge in [-0.3, -0.25) is 9.59 Å². The van der Waals surface area contributed by atoms with Crippen molar-refractivity contribution in [1.29, 1.82) is 0 Å². The molecule has 2 aromatic carbocycles. The lowest BCUT2D eigenvalue weighted by atomic mass is 9.67. The molecule has 0 aliphatic heterocycles. The van der Waals surface area contributed by atoms with E-state index in [1.165, 1.54) is 16.0 Å². The molecule has 2 aliphatic rings. The summed E-state index contributed by atoms with van der Waals surface area (Å²) in [5, 5.41) is 3.07. The third kappa shape index (κ3) is 4.17. The number of ketones is 1. The highest BCUT2D eigenvalue weighted by atomic mass is 32.2. The first kappa shape index (κ1) is 19.3. The number of hydrogen-bond donors (Lipinski definition) is 1. The predicted molar refractivity (Wildman–Crippen MR) is 114 cm³/mol. The van der Waals surface area contributed by atoms with Crippen molar-refractivity contribution < 1.29 is 9.59 Å². The van der Waals surface area contributed by atoms with Gasteiger partial charge in [-0.25, -0.2) is 0 Å². The smallest absolute Gasteiger partial charge is 0.227 e. The topological polar surface area (TPSA) is 46.2 Å². The number of hydrogen-bond acceptors (Lipinski definition) is 3. The van der Waals surface area contributed by atoms with Gasteiger partial charge in [-0.15, -0.1) is 0 Å². The third-order valence-electron chi connectivity index (χ3n) is 6.10. The second kappa shape index (κ2) is 8.12. The van der Waals surface area contributed by atoms with E-state index in [-0.39, 0.29) is 23.7 Å². The van der Waals surface area contributed by atoms with E-state index in [4.69, 9.17) is 0 Å². The molecule has 0 spiro atoms. The van der Waals surface area contributed by atoms with Crippen molar-refractivity contribution in [2.75, 3.05) is 5.32 Å². The van der Waals surface area contributed by atoms with Gasteiger partial charge in [-0.1, -0.05) is 35.9 Å². The zero-order chi connectivity index (χ0) is 19.7. The first-order valence-corrected chi connectivity index (χ1v) is 11.0. The Labute approximate surface area is 171 Å². The van der Waals surface area contributed by atoms with Crippen LogP contribution < -0.4 is 5.32 Å². The zero-order valence-electron chi connectivity index (χ0n) is 16.5. The standard InChI is InChI=1S/C24H27NO2S/c1-15-6-11-22(16(2)12-15)28-21-9-7-20(8-10-21)25-24(27)19-13-17-4-3-5-18(14-19)23(17)26/h6-12,17-19H,3-5,13-14H2,1-2H3,(H,25,27). The van der Waals surface area contributed by atoms with Crippen molar-refractivity contribution in [1.82, 2.24) is 0 Å². The number of amides is 1. The van der Waals surface area contributed by atoms with Crippen molar-refractivity contribution in [3.8, 4) is 0 Å². The van der Waals surface area contributed by atoms with E-state index in [0.717, 1.165) is 42.7 Å². The highest BCUT2D eigenvalue weighted by molar-refractivity contribution is 7.99. The quantitative estimate of drug-likeness (QED) is 0.715. The molecule has 2 atom stereocenters. The summed E-state index contributed by atoms with van der Waals surface area (Å²) in [6.07, 6.45) is 4.51. The highest BCUT2D eigenvalue weighted by Crippen LogP contribution is 2.40. The molecule has 2 saturated carbocycles. The molecule has 0 saturated heterocycles. The van der Waals surface area contributed by atoms with Crippen molar-refractivity contribution >= 4 is 29.1 Å². The summed E-state index contributed by atoms with van der Waals surface area (Å²) in [4.78, 5) is 27.4. The lowest BCUT2D eigenvalue weighted by molar-refractivity contribution is -0.136. The fourth-order valence-electron chi connectivity index (χ4n) is 4.59. The van der Waals surface area contributed by atoms with E-state index in [1.54, 1.807) is 11.8 Å². The Morgan fingerprint density at radius 2 is 1.68 bits per heavy atom. The Kier molecular flexibility index (Phi) is 5.58. The maximum Gasteiger partial charge on any atom is 0.227 e. The fourth-order valence-corrected chi connectivity index (χ4v) is 5.47. The molecule has 1 N–H and O–H groups in total. The second-order valence-corrected chi connectivity index (χ2v) is 9.40. The molecule has 2 aromatic rings. The first-order chi connectivity index (χ1) is 13.5. The van der Waals surface area contributed by atoms with E-state index in [1.807, 2.05) is 12.1 Å². The van der Waals surface area contributed by atoms with Crippen LogP contribution in [0.15, 0.2) is 52.3 Å². The van der Waals surface area contributed by atoms with Crippen molar-refractivity contribution in [2.24, 2.45) is 17.8 Å². The van der Waals surface area contributed by atoms with Crippen molar-refractivity contribution in [3.05, 3.63) is 53.6 Å². The molecule has 4 rings (SSSR count). The minimum Gasteiger partial charge on any atom is -0.326 e. The molecule has 28 heavy (non-hydrogen) atoms. The minimum atomic E-state index is -0.0303. The normalized spacial score (nSPS) is 24.1. The van der Waals surface area contributed by atoms with E-state index in [2.05, 4.69) is 49.5 Å². The molecule has 0 heterocycles. The van der Waals surface area contributed by atoms with Crippen LogP contribution in [0.2, 0.25) is 0 Å². The summed E-state index contributed by atoms with van der Waals surface area (Å²) < 4.78 is 0. The summed E-state index contributed by atoms with van der Waals surface area (Å²) in [6, 6.07) is 14.5. The maximum absolute atomic E-state index is 12.7. The highest BCUT2D eigenvalue weighted by Gasteiger charge is 2.41. The van der Waals surface area contributed by atoms with Crippen molar-refractivity contribution in [3.63, 3.8) is 0 Å². The maximum atomic E-state index is 12.7. The van der Waals surface area contributed by atoms with Gasteiger partial charge in [0.15, 0.2) is 0 Å². The number of fused-ring (bicyclic) bond motifs is 2. The van der Waals surface area contributed by atoms with Crippen LogP contribution in [0.4, 0.5) is 5.69 Å². The Morgan fingerprint density at radius 1 is 1.00 bits per heavy atom. The fraction of sp³-hybridized carbons (Fsp3) is 0.417. The van der Waals surface area contributed by atoms with Crippen LogP contribution in [0.25, 0.3) is 0 Å². The average Bonchev–Trinajstić information content (AvgIpc) is 2.65. The van der Waals surface area contributed by atoms with E-state index >= 15 is 0 Å². The molecule has 4 heteroatoms. The number of nitrogens with one attached hydrogen (secondary N) is 1. The number of anilines is 1. The third-order valence-corrected chi connectivity index (χ3v) is 7.28. The zero-order valence-corrected chi connectivity index (χ0v) is 17.4. The molecule has 0 radical (unpaired) electrons. The largest absolute Gasteiger partial charge is 0.326 e. The number of aryl methyl sites for hydroxylation is 2. The van der Waals surface area contributed by atoms with Gasteiger partial charge in [0.05, 0.1) is 0 Å². The van der Waals surface area contributed by atoms with Crippen LogP contribution in [0.1, 0.15) is 43.2 Å². The molecule has 3 nitrogen and oxygen atoms in total. The van der Waals surface area contributed by atoms with Crippen LogP contribution in [-0.2, 0) is 9.59 Å². The van der Waals surface area contributed by atoms with Crippen LogP contribution in [0.5, 0.6) is 0 Å². The SMILES string of the molecule is Cc1ccc(Sc2ccc(NC(=O)C3CC4CCCC(C3)C4=O)cc2)c(C)c1. The van der Waals surface area contributed by atoms with Crippen LogP contribution >= 0.6 is 11.8 Å². The van der Waals surface area contributed by atoms with Gasteiger partial charge in [0.2, 0.25) is 5.91 Å². The molecular weight excluding hydrogens is 366 g/mol. The number of carbonyl (C=O) groups excluding carboxylic acids is 2. The van der Waals surface area contributed by atoms with Gasteiger partial charge >= 0.3 is 0 Å². The molecule has 2 unspecified atom stereocenters. The van der Waals surface area contributed by atoms with Gasteiger partial charge in [0, 0.05) is 33.2 Å². The molecule has 1 amide bonds. The van der Waals surface area contributed by atoms with Crippen LogP contribution in [-0.4, -0.2) is 11.7 Å². The summed E-state index contributed by atoms with van der Waals surface area (Å²) in [6.45, 7) is 4.24. The van der Waals surface area contributed by atoms with Gasteiger partial charge in [-0.05, 0) is 75.4 Å².